The van der Waals surface area contributed by atoms with E-state index < -0.39 is 5.82 Å². The molecule has 0 saturated carbocycles. The summed E-state index contributed by atoms with van der Waals surface area (Å²) in [6.07, 6.45) is 0. The van der Waals surface area contributed by atoms with Gasteiger partial charge < -0.3 is 14.8 Å². The third-order valence-corrected chi connectivity index (χ3v) is 5.47. The van der Waals surface area contributed by atoms with Crippen LogP contribution in [0.2, 0.25) is 0 Å². The molecule has 0 aromatic heterocycles. The molecule has 1 aliphatic heterocycles. The van der Waals surface area contributed by atoms with Gasteiger partial charge in [0.05, 0.1) is 26.5 Å². The van der Waals surface area contributed by atoms with Gasteiger partial charge in [-0.15, -0.1) is 0 Å². The molecule has 0 radical (unpaired) electrons. The van der Waals surface area contributed by atoms with E-state index in [1.807, 2.05) is 19.1 Å². The minimum atomic E-state index is -0.404. The summed E-state index contributed by atoms with van der Waals surface area (Å²) in [5, 5.41) is 2.67. The van der Waals surface area contributed by atoms with Gasteiger partial charge in [-0.2, -0.15) is 0 Å². The van der Waals surface area contributed by atoms with Gasteiger partial charge in [0.15, 0.2) is 11.5 Å². The number of aryl methyl sites for hydroxylation is 2. The molecule has 162 valence electrons. The molecule has 0 aliphatic carbocycles. The summed E-state index contributed by atoms with van der Waals surface area (Å²) in [5.41, 5.74) is 3.42. The Balaban J connectivity index is 1.51. The number of halogens is 1. The molecule has 30 heavy (non-hydrogen) atoms. The van der Waals surface area contributed by atoms with Crippen molar-refractivity contribution in [3.63, 3.8) is 0 Å². The Bertz CT molecular complexity index is 896. The summed E-state index contributed by atoms with van der Waals surface area (Å²) in [6.45, 7) is 8.27. The largest absolute Gasteiger partial charge is 0.493 e. The van der Waals surface area contributed by atoms with E-state index in [2.05, 4.69) is 22.0 Å². The normalized spacial score (nSPS) is 15.1. The van der Waals surface area contributed by atoms with Crippen LogP contribution >= 0.6 is 0 Å². The van der Waals surface area contributed by atoms with Crippen molar-refractivity contribution in [1.82, 2.24) is 9.80 Å². The van der Waals surface area contributed by atoms with Crippen molar-refractivity contribution in [2.24, 2.45) is 0 Å². The van der Waals surface area contributed by atoms with Crippen LogP contribution < -0.4 is 14.8 Å². The lowest BCUT2D eigenvalue weighted by atomic mass is 10.1. The summed E-state index contributed by atoms with van der Waals surface area (Å²) in [4.78, 5) is 16.8. The molecule has 1 saturated heterocycles. The van der Waals surface area contributed by atoms with Crippen molar-refractivity contribution in [3.8, 4) is 11.5 Å². The van der Waals surface area contributed by atoms with E-state index in [0.29, 0.717) is 0 Å². The predicted molar refractivity (Wildman–Crippen MR) is 116 cm³/mol. The number of amides is 1. The number of anilines is 1. The Hall–Kier alpha value is -2.64. The Kier molecular flexibility index (Phi) is 7.29. The standard InChI is InChI=1S/C23H30FN3O3/c1-16-5-6-20(19(24)11-16)25-23(28)15-27-9-7-26(8-10-27)14-18-13-22(30-4)21(29-3)12-17(18)2/h5-6,11-13H,7-10,14-15H2,1-4H3,(H,25,28). The number of hydrogen-bond acceptors (Lipinski definition) is 5. The van der Waals surface area contributed by atoms with E-state index >= 15 is 0 Å². The minimum Gasteiger partial charge on any atom is -0.493 e. The SMILES string of the molecule is COc1cc(C)c(CN2CCN(CC(=O)Nc3ccc(C)cc3F)CC2)cc1OC. The number of carbonyl (C=O) groups excluding carboxylic acids is 1. The predicted octanol–water partition coefficient (Wildman–Crippen LogP) is 3.22. The lowest BCUT2D eigenvalue weighted by Gasteiger charge is -2.34. The zero-order valence-electron chi connectivity index (χ0n) is 18.1. The van der Waals surface area contributed by atoms with Gasteiger partial charge in [0.2, 0.25) is 5.91 Å². The number of rotatable bonds is 7. The monoisotopic (exact) mass is 415 g/mol. The average Bonchev–Trinajstić information content (AvgIpc) is 2.72. The quantitative estimate of drug-likeness (QED) is 0.753. The van der Waals surface area contributed by atoms with E-state index in [1.165, 1.54) is 11.6 Å². The van der Waals surface area contributed by atoms with Gasteiger partial charge in [-0.3, -0.25) is 14.6 Å². The van der Waals surface area contributed by atoms with Crippen molar-refractivity contribution in [2.45, 2.75) is 20.4 Å². The molecule has 6 nitrogen and oxygen atoms in total. The van der Waals surface area contributed by atoms with Crippen LogP contribution in [-0.4, -0.2) is 62.7 Å². The van der Waals surface area contributed by atoms with Crippen molar-refractivity contribution < 1.29 is 18.7 Å². The van der Waals surface area contributed by atoms with Gasteiger partial charge in [0.1, 0.15) is 5.82 Å². The van der Waals surface area contributed by atoms with Crippen LogP contribution in [0.25, 0.3) is 0 Å². The smallest absolute Gasteiger partial charge is 0.238 e. The zero-order valence-corrected chi connectivity index (χ0v) is 18.1. The summed E-state index contributed by atoms with van der Waals surface area (Å²) in [6, 6.07) is 8.84. The molecule has 1 aliphatic rings. The lowest BCUT2D eigenvalue weighted by Crippen LogP contribution is -2.48. The molecule has 0 unspecified atom stereocenters. The van der Waals surface area contributed by atoms with Crippen LogP contribution in [0, 0.1) is 19.7 Å². The van der Waals surface area contributed by atoms with Crippen molar-refractivity contribution >= 4 is 11.6 Å². The highest BCUT2D eigenvalue weighted by Gasteiger charge is 2.20. The first-order valence-electron chi connectivity index (χ1n) is 10.1. The van der Waals surface area contributed by atoms with Crippen LogP contribution in [0.4, 0.5) is 10.1 Å². The van der Waals surface area contributed by atoms with Crippen LogP contribution in [0.5, 0.6) is 11.5 Å². The first kappa shape index (κ1) is 22.1. The molecule has 1 N–H and O–H groups in total. The molecule has 2 aromatic rings. The average molecular weight is 416 g/mol. The minimum absolute atomic E-state index is 0.193. The van der Waals surface area contributed by atoms with Crippen molar-refractivity contribution in [1.29, 1.82) is 0 Å². The van der Waals surface area contributed by atoms with E-state index in [1.54, 1.807) is 26.4 Å². The number of nitrogens with zero attached hydrogens (tertiary/aromatic N) is 2. The van der Waals surface area contributed by atoms with Crippen molar-refractivity contribution in [3.05, 3.63) is 52.8 Å². The molecular weight excluding hydrogens is 385 g/mol. The zero-order chi connectivity index (χ0) is 21.7. The highest BCUT2D eigenvalue weighted by atomic mass is 19.1. The molecule has 2 aromatic carbocycles. The molecule has 1 heterocycles. The number of nitrogens with one attached hydrogen (secondary N) is 1. The number of carbonyl (C=O) groups is 1. The first-order valence-corrected chi connectivity index (χ1v) is 10.1. The van der Waals surface area contributed by atoms with Gasteiger partial charge in [-0.25, -0.2) is 4.39 Å². The maximum Gasteiger partial charge on any atom is 0.238 e. The van der Waals surface area contributed by atoms with Gasteiger partial charge in [0.25, 0.3) is 0 Å². The molecule has 3 rings (SSSR count). The van der Waals surface area contributed by atoms with E-state index in [0.717, 1.165) is 55.3 Å². The Morgan fingerprint density at radius 2 is 1.63 bits per heavy atom. The highest BCUT2D eigenvalue weighted by Crippen LogP contribution is 2.31. The fourth-order valence-corrected chi connectivity index (χ4v) is 3.65. The second kappa shape index (κ2) is 9.91. The molecule has 0 spiro atoms. The molecular formula is C23H30FN3O3. The number of benzene rings is 2. The van der Waals surface area contributed by atoms with Crippen LogP contribution in [0.3, 0.4) is 0 Å². The Morgan fingerprint density at radius 3 is 2.27 bits per heavy atom. The molecule has 1 amide bonds. The Labute approximate surface area is 177 Å². The van der Waals surface area contributed by atoms with Crippen LogP contribution in [0.1, 0.15) is 16.7 Å². The fourth-order valence-electron chi connectivity index (χ4n) is 3.65. The maximum atomic E-state index is 13.9. The molecule has 7 heteroatoms. The fraction of sp³-hybridized carbons (Fsp3) is 0.435. The van der Waals surface area contributed by atoms with Crippen LogP contribution in [0.15, 0.2) is 30.3 Å². The van der Waals surface area contributed by atoms with E-state index in [9.17, 15) is 9.18 Å². The molecule has 1 fully saturated rings. The maximum absolute atomic E-state index is 13.9. The van der Waals surface area contributed by atoms with Gasteiger partial charge in [-0.05, 0) is 54.8 Å². The summed E-state index contributed by atoms with van der Waals surface area (Å²) in [7, 11) is 3.28. The summed E-state index contributed by atoms with van der Waals surface area (Å²) < 4.78 is 24.7. The van der Waals surface area contributed by atoms with Gasteiger partial charge in [-0.1, -0.05) is 6.07 Å². The third kappa shape index (κ3) is 5.49. The first-order chi connectivity index (χ1) is 14.4. The lowest BCUT2D eigenvalue weighted by molar-refractivity contribution is -0.117. The second-order valence-corrected chi connectivity index (χ2v) is 7.72. The topological polar surface area (TPSA) is 54.0 Å². The Morgan fingerprint density at radius 1 is 1.00 bits per heavy atom. The number of hydrogen-bond donors (Lipinski definition) is 1. The third-order valence-electron chi connectivity index (χ3n) is 5.47. The number of piperazine rings is 1. The van der Waals surface area contributed by atoms with Gasteiger partial charge >= 0.3 is 0 Å². The van der Waals surface area contributed by atoms with E-state index in [-0.39, 0.29) is 18.1 Å². The number of methoxy groups -OCH3 is 2. The van der Waals surface area contributed by atoms with Crippen LogP contribution in [-0.2, 0) is 11.3 Å². The van der Waals surface area contributed by atoms with Crippen molar-refractivity contribution in [2.75, 3.05) is 52.3 Å². The van der Waals surface area contributed by atoms with Gasteiger partial charge in [0, 0.05) is 32.7 Å². The molecule has 0 bridgehead atoms. The van der Waals surface area contributed by atoms with E-state index in [4.69, 9.17) is 9.47 Å². The second-order valence-electron chi connectivity index (χ2n) is 7.72. The summed E-state index contributed by atoms with van der Waals surface area (Å²) in [5.74, 6) is 0.872. The number of ether oxygens (including phenoxy) is 2. The molecule has 0 atom stereocenters. The highest BCUT2D eigenvalue weighted by molar-refractivity contribution is 5.92. The summed E-state index contributed by atoms with van der Waals surface area (Å²) >= 11 is 0.